The lowest BCUT2D eigenvalue weighted by Crippen LogP contribution is -2.20. The molecule has 2 rings (SSSR count). The smallest absolute Gasteiger partial charge is 0.338 e. The molecule has 0 saturated carbocycles. The van der Waals surface area contributed by atoms with E-state index in [0.29, 0.717) is 16.4 Å². The summed E-state index contributed by atoms with van der Waals surface area (Å²) in [6.07, 6.45) is 0. The molecule has 0 aliphatic heterocycles. The minimum Gasteiger partial charge on any atom is -0.452 e. The highest BCUT2D eigenvalue weighted by Gasteiger charge is 2.10. The molecule has 0 atom stereocenters. The fourth-order valence-electron chi connectivity index (χ4n) is 1.62. The molecule has 2 aromatic rings. The van der Waals surface area contributed by atoms with Crippen LogP contribution in [-0.4, -0.2) is 18.5 Å². The molecule has 0 fully saturated rings. The van der Waals surface area contributed by atoms with Gasteiger partial charge in [0.1, 0.15) is 0 Å². The molecule has 0 aromatic heterocycles. The van der Waals surface area contributed by atoms with E-state index in [4.69, 9.17) is 22.9 Å². The van der Waals surface area contributed by atoms with E-state index in [0.717, 1.165) is 0 Å². The van der Waals surface area contributed by atoms with E-state index >= 15 is 0 Å². The summed E-state index contributed by atoms with van der Waals surface area (Å²) in [5.41, 5.74) is 1.27. The van der Waals surface area contributed by atoms with Crippen molar-refractivity contribution in [2.24, 2.45) is 0 Å². The zero-order valence-electron chi connectivity index (χ0n) is 11.4. The first kappa shape index (κ1) is 15.5. The summed E-state index contributed by atoms with van der Waals surface area (Å²) in [5.74, 6) is -1.07. The second-order valence-corrected chi connectivity index (χ2v) is 4.73. The van der Waals surface area contributed by atoms with Gasteiger partial charge in [-0.1, -0.05) is 35.9 Å². The van der Waals surface area contributed by atoms with Gasteiger partial charge in [-0.2, -0.15) is 0 Å². The third-order valence-corrected chi connectivity index (χ3v) is 2.95. The molecule has 5 nitrogen and oxygen atoms in total. The van der Waals surface area contributed by atoms with Crippen molar-refractivity contribution in [2.75, 3.05) is 11.9 Å². The van der Waals surface area contributed by atoms with E-state index in [1.165, 1.54) is 24.3 Å². The SMILES string of the molecule is [C-]#[N+]c1ccc(C(=O)OCC(=O)Nc2ccc(Cl)cc2)cc1. The molecule has 0 saturated heterocycles. The van der Waals surface area contributed by atoms with Crippen LogP contribution < -0.4 is 5.32 Å². The fraction of sp³-hybridized carbons (Fsp3) is 0.0625. The van der Waals surface area contributed by atoms with E-state index in [1.54, 1.807) is 24.3 Å². The molecule has 2 aromatic carbocycles. The van der Waals surface area contributed by atoms with Crippen LogP contribution in [0.1, 0.15) is 10.4 Å². The number of nitrogens with zero attached hydrogens (tertiary/aromatic N) is 1. The van der Waals surface area contributed by atoms with E-state index < -0.39 is 18.5 Å². The van der Waals surface area contributed by atoms with Crippen molar-refractivity contribution < 1.29 is 14.3 Å². The highest BCUT2D eigenvalue weighted by Crippen LogP contribution is 2.14. The number of carbonyl (C=O) groups is 2. The quantitative estimate of drug-likeness (QED) is 0.691. The number of hydrogen-bond donors (Lipinski definition) is 1. The molecule has 110 valence electrons. The van der Waals surface area contributed by atoms with Crippen molar-refractivity contribution in [2.45, 2.75) is 0 Å². The molecule has 0 heterocycles. The van der Waals surface area contributed by atoms with Crippen LogP contribution in [0.2, 0.25) is 5.02 Å². The van der Waals surface area contributed by atoms with Gasteiger partial charge in [-0.25, -0.2) is 9.64 Å². The Hall–Kier alpha value is -2.84. The number of anilines is 1. The minimum atomic E-state index is -0.622. The van der Waals surface area contributed by atoms with Crippen LogP contribution in [0, 0.1) is 6.57 Å². The van der Waals surface area contributed by atoms with Crippen LogP contribution >= 0.6 is 11.6 Å². The van der Waals surface area contributed by atoms with Crippen LogP contribution in [0.15, 0.2) is 48.5 Å². The van der Waals surface area contributed by atoms with Gasteiger partial charge >= 0.3 is 5.97 Å². The molecule has 1 amide bonds. The highest BCUT2D eigenvalue weighted by molar-refractivity contribution is 6.30. The normalized spacial score (nSPS) is 9.64. The van der Waals surface area contributed by atoms with Crippen molar-refractivity contribution in [3.63, 3.8) is 0 Å². The second kappa shape index (κ2) is 7.25. The molecule has 0 aliphatic rings. The van der Waals surface area contributed by atoms with Gasteiger partial charge in [-0.05, 0) is 24.3 Å². The minimum absolute atomic E-state index is 0.284. The maximum atomic E-state index is 11.7. The van der Waals surface area contributed by atoms with Gasteiger partial charge in [0.05, 0.1) is 12.1 Å². The van der Waals surface area contributed by atoms with Crippen LogP contribution in [0.4, 0.5) is 11.4 Å². The summed E-state index contributed by atoms with van der Waals surface area (Å²) in [6, 6.07) is 12.6. The Balaban J connectivity index is 1.86. The summed E-state index contributed by atoms with van der Waals surface area (Å²) < 4.78 is 4.90. The third kappa shape index (κ3) is 4.33. The third-order valence-electron chi connectivity index (χ3n) is 2.69. The lowest BCUT2D eigenvalue weighted by atomic mass is 10.2. The highest BCUT2D eigenvalue weighted by atomic mass is 35.5. The standard InChI is InChI=1S/C16H11ClN2O3/c1-18-13-6-2-11(3-7-13)16(21)22-10-15(20)19-14-8-4-12(17)5-9-14/h2-9H,10H2,(H,19,20). The summed E-state index contributed by atoms with van der Waals surface area (Å²) in [6.45, 7) is 6.43. The Morgan fingerprint density at radius 3 is 2.32 bits per heavy atom. The number of amides is 1. The molecule has 1 N–H and O–H groups in total. The molecule has 0 bridgehead atoms. The predicted molar refractivity (Wildman–Crippen MR) is 83.1 cm³/mol. The topological polar surface area (TPSA) is 59.8 Å². The van der Waals surface area contributed by atoms with Gasteiger partial charge in [0.25, 0.3) is 5.91 Å². The van der Waals surface area contributed by atoms with E-state index in [-0.39, 0.29) is 5.56 Å². The molecule has 22 heavy (non-hydrogen) atoms. The number of esters is 1. The Morgan fingerprint density at radius 1 is 1.09 bits per heavy atom. The predicted octanol–water partition coefficient (Wildman–Crippen LogP) is 3.69. The first-order valence-electron chi connectivity index (χ1n) is 6.28. The number of nitrogens with one attached hydrogen (secondary N) is 1. The van der Waals surface area contributed by atoms with Crippen molar-refractivity contribution >= 4 is 34.9 Å². The first-order chi connectivity index (χ1) is 10.6. The van der Waals surface area contributed by atoms with Crippen molar-refractivity contribution in [3.8, 4) is 0 Å². The molecule has 0 aliphatic carbocycles. The molecule has 0 radical (unpaired) electrons. The number of ether oxygens (including phenoxy) is 1. The number of halogens is 1. The van der Waals surface area contributed by atoms with Gasteiger partial charge in [-0.3, -0.25) is 4.79 Å². The summed E-state index contributed by atoms with van der Waals surface area (Å²) in [4.78, 5) is 26.6. The van der Waals surface area contributed by atoms with Crippen LogP contribution in [0.5, 0.6) is 0 Å². The largest absolute Gasteiger partial charge is 0.452 e. The van der Waals surface area contributed by atoms with E-state index in [2.05, 4.69) is 10.2 Å². The van der Waals surface area contributed by atoms with Crippen LogP contribution in [0.3, 0.4) is 0 Å². The number of hydrogen-bond acceptors (Lipinski definition) is 3. The maximum Gasteiger partial charge on any atom is 0.338 e. The summed E-state index contributed by atoms with van der Waals surface area (Å²) >= 11 is 5.74. The zero-order valence-corrected chi connectivity index (χ0v) is 12.1. The van der Waals surface area contributed by atoms with E-state index in [1.807, 2.05) is 0 Å². The van der Waals surface area contributed by atoms with Crippen LogP contribution in [-0.2, 0) is 9.53 Å². The number of benzene rings is 2. The lowest BCUT2D eigenvalue weighted by Gasteiger charge is -2.06. The molecular weight excluding hydrogens is 304 g/mol. The average molecular weight is 315 g/mol. The summed E-state index contributed by atoms with van der Waals surface area (Å²) in [5, 5.41) is 3.14. The first-order valence-corrected chi connectivity index (χ1v) is 6.66. The van der Waals surface area contributed by atoms with Gasteiger partial charge < -0.3 is 10.1 Å². The zero-order chi connectivity index (χ0) is 15.9. The molecule has 6 heteroatoms. The maximum absolute atomic E-state index is 11.7. The Kier molecular flexibility index (Phi) is 5.12. The van der Waals surface area contributed by atoms with E-state index in [9.17, 15) is 9.59 Å². The average Bonchev–Trinajstić information content (AvgIpc) is 2.55. The van der Waals surface area contributed by atoms with Crippen molar-refractivity contribution in [3.05, 3.63) is 70.5 Å². The van der Waals surface area contributed by atoms with Crippen molar-refractivity contribution in [1.29, 1.82) is 0 Å². The number of rotatable bonds is 4. The summed E-state index contributed by atoms with van der Waals surface area (Å²) in [7, 11) is 0. The monoisotopic (exact) mass is 314 g/mol. The van der Waals surface area contributed by atoms with Crippen molar-refractivity contribution in [1.82, 2.24) is 0 Å². The molecule has 0 spiro atoms. The fourth-order valence-corrected chi connectivity index (χ4v) is 1.74. The Bertz CT molecular complexity index is 719. The molecule has 0 unspecified atom stereocenters. The van der Waals surface area contributed by atoms with Gasteiger partial charge in [0.2, 0.25) is 0 Å². The van der Waals surface area contributed by atoms with Gasteiger partial charge in [0.15, 0.2) is 12.3 Å². The number of carbonyl (C=O) groups excluding carboxylic acids is 2. The van der Waals surface area contributed by atoms with Gasteiger partial charge in [-0.15, -0.1) is 0 Å². The molecular formula is C16H11ClN2O3. The van der Waals surface area contributed by atoms with Gasteiger partial charge in [0, 0.05) is 10.7 Å². The second-order valence-electron chi connectivity index (χ2n) is 4.29. The Labute approximate surface area is 132 Å². The lowest BCUT2D eigenvalue weighted by molar-refractivity contribution is -0.119. The Morgan fingerprint density at radius 2 is 1.73 bits per heavy atom. The van der Waals surface area contributed by atoms with Crippen LogP contribution in [0.25, 0.3) is 4.85 Å².